The van der Waals surface area contributed by atoms with Crippen LogP contribution in [0.15, 0.2) is 64.7 Å². The molecule has 0 bridgehead atoms. The first-order valence-electron chi connectivity index (χ1n) is 8.66. The molecule has 3 aromatic rings. The van der Waals surface area contributed by atoms with Gasteiger partial charge < -0.3 is 18.7 Å². The maximum atomic E-state index is 12.2. The summed E-state index contributed by atoms with van der Waals surface area (Å²) >= 11 is 0. The number of aromatic nitrogens is 1. The first-order valence-corrected chi connectivity index (χ1v) is 8.66. The Morgan fingerprint density at radius 3 is 2.28 bits per heavy atom. The SMILES string of the molecule is COc1ccc(/C=C(\C#N)C(=O)OCc2cc(-c3ccc(OC)cc3)no2)cc1. The number of carbonyl (C=O) groups excluding carboxylic acids is 1. The lowest BCUT2D eigenvalue weighted by molar-refractivity contribution is -0.140. The van der Waals surface area contributed by atoms with Crippen LogP contribution in [0.3, 0.4) is 0 Å². The van der Waals surface area contributed by atoms with Crippen molar-refractivity contribution < 1.29 is 23.5 Å². The standard InChI is InChI=1S/C22H18N2O5/c1-26-18-7-3-15(4-8-18)11-17(13-23)22(25)28-14-20-12-21(24-29-20)16-5-9-19(27-2)10-6-16/h3-12H,14H2,1-2H3/b17-11+. The van der Waals surface area contributed by atoms with Crippen LogP contribution in [0.25, 0.3) is 17.3 Å². The topological polar surface area (TPSA) is 94.6 Å². The molecular formula is C22H18N2O5. The third-order valence-electron chi connectivity index (χ3n) is 4.06. The van der Waals surface area contributed by atoms with Crippen molar-refractivity contribution in [3.05, 3.63) is 71.5 Å². The van der Waals surface area contributed by atoms with Crippen LogP contribution < -0.4 is 9.47 Å². The summed E-state index contributed by atoms with van der Waals surface area (Å²) in [6.45, 7) is -0.135. The smallest absolute Gasteiger partial charge is 0.349 e. The lowest BCUT2D eigenvalue weighted by atomic mass is 10.1. The molecule has 0 saturated carbocycles. The van der Waals surface area contributed by atoms with Gasteiger partial charge in [0, 0.05) is 11.6 Å². The van der Waals surface area contributed by atoms with Crippen LogP contribution in [0.4, 0.5) is 0 Å². The van der Waals surface area contributed by atoms with Crippen molar-refractivity contribution in [1.82, 2.24) is 5.16 Å². The summed E-state index contributed by atoms with van der Waals surface area (Å²) in [5, 5.41) is 13.2. The molecule has 0 unspecified atom stereocenters. The van der Waals surface area contributed by atoms with Gasteiger partial charge in [-0.1, -0.05) is 17.3 Å². The Morgan fingerprint density at radius 1 is 1.07 bits per heavy atom. The van der Waals surface area contributed by atoms with E-state index in [-0.39, 0.29) is 12.2 Å². The Bertz CT molecular complexity index is 1040. The van der Waals surface area contributed by atoms with Crippen LogP contribution in [0.2, 0.25) is 0 Å². The minimum atomic E-state index is -0.745. The van der Waals surface area contributed by atoms with E-state index >= 15 is 0 Å². The Kier molecular flexibility index (Phi) is 6.28. The summed E-state index contributed by atoms with van der Waals surface area (Å²) in [5.74, 6) is 1.04. The molecule has 1 aromatic heterocycles. The van der Waals surface area contributed by atoms with E-state index in [9.17, 15) is 10.1 Å². The third kappa shape index (κ3) is 5.02. The van der Waals surface area contributed by atoms with Crippen LogP contribution in [0.1, 0.15) is 11.3 Å². The first-order chi connectivity index (χ1) is 14.1. The monoisotopic (exact) mass is 390 g/mol. The van der Waals surface area contributed by atoms with Crippen molar-refractivity contribution in [3.8, 4) is 28.8 Å². The lowest BCUT2D eigenvalue weighted by Crippen LogP contribution is -2.06. The molecule has 0 N–H and O–H groups in total. The van der Waals surface area contributed by atoms with Gasteiger partial charge in [0.2, 0.25) is 0 Å². The van der Waals surface area contributed by atoms with Crippen molar-refractivity contribution >= 4 is 12.0 Å². The largest absolute Gasteiger partial charge is 0.497 e. The molecule has 0 spiro atoms. The van der Waals surface area contributed by atoms with Gasteiger partial charge in [-0.15, -0.1) is 0 Å². The molecule has 7 nitrogen and oxygen atoms in total. The molecule has 146 valence electrons. The highest BCUT2D eigenvalue weighted by molar-refractivity contribution is 5.97. The second kappa shape index (κ2) is 9.24. The third-order valence-corrected chi connectivity index (χ3v) is 4.06. The fourth-order valence-electron chi connectivity index (χ4n) is 2.50. The number of methoxy groups -OCH3 is 2. The van der Waals surface area contributed by atoms with E-state index in [4.69, 9.17) is 18.7 Å². The van der Waals surface area contributed by atoms with E-state index < -0.39 is 5.97 Å². The van der Waals surface area contributed by atoms with Gasteiger partial charge in [0.25, 0.3) is 0 Å². The molecular weight excluding hydrogens is 372 g/mol. The Balaban J connectivity index is 1.63. The van der Waals surface area contributed by atoms with Crippen molar-refractivity contribution in [2.45, 2.75) is 6.61 Å². The second-order valence-electron chi connectivity index (χ2n) is 5.93. The maximum Gasteiger partial charge on any atom is 0.349 e. The first kappa shape index (κ1) is 19.7. The summed E-state index contributed by atoms with van der Waals surface area (Å²) in [6, 6.07) is 17.8. The predicted octanol–water partition coefficient (Wildman–Crippen LogP) is 4.01. The maximum absolute atomic E-state index is 12.2. The van der Waals surface area contributed by atoms with Crippen molar-refractivity contribution in [1.29, 1.82) is 5.26 Å². The van der Waals surface area contributed by atoms with Crippen LogP contribution in [0.5, 0.6) is 11.5 Å². The Hall–Kier alpha value is -4.05. The molecule has 0 saturated heterocycles. The van der Waals surface area contributed by atoms with Gasteiger partial charge in [0.05, 0.1) is 14.2 Å². The van der Waals surface area contributed by atoms with Crippen molar-refractivity contribution in [2.24, 2.45) is 0 Å². The molecule has 0 aliphatic carbocycles. The number of nitrogens with zero attached hydrogens (tertiary/aromatic N) is 2. The molecule has 0 aliphatic heterocycles. The van der Waals surface area contributed by atoms with Crippen molar-refractivity contribution in [3.63, 3.8) is 0 Å². The van der Waals surface area contributed by atoms with E-state index in [1.807, 2.05) is 30.3 Å². The lowest BCUT2D eigenvalue weighted by Gasteiger charge is -2.02. The van der Waals surface area contributed by atoms with Gasteiger partial charge in [-0.3, -0.25) is 0 Å². The number of ether oxygens (including phenoxy) is 3. The molecule has 2 aromatic carbocycles. The van der Waals surface area contributed by atoms with Crippen molar-refractivity contribution in [2.75, 3.05) is 14.2 Å². The van der Waals surface area contributed by atoms with E-state index in [0.29, 0.717) is 22.8 Å². The van der Waals surface area contributed by atoms with Gasteiger partial charge in [-0.25, -0.2) is 4.79 Å². The predicted molar refractivity (Wildman–Crippen MR) is 105 cm³/mol. The highest BCUT2D eigenvalue weighted by atomic mass is 16.5. The average molecular weight is 390 g/mol. The number of hydrogen-bond donors (Lipinski definition) is 0. The number of nitriles is 1. The summed E-state index contributed by atoms with van der Waals surface area (Å²) in [4.78, 5) is 12.2. The quantitative estimate of drug-likeness (QED) is 0.342. The highest BCUT2D eigenvalue weighted by Gasteiger charge is 2.14. The van der Waals surface area contributed by atoms with E-state index in [1.165, 1.54) is 6.08 Å². The van der Waals surface area contributed by atoms with Gasteiger partial charge in [-0.2, -0.15) is 5.26 Å². The zero-order valence-corrected chi connectivity index (χ0v) is 15.9. The van der Waals surface area contributed by atoms with Gasteiger partial charge >= 0.3 is 5.97 Å². The highest BCUT2D eigenvalue weighted by Crippen LogP contribution is 2.22. The van der Waals surface area contributed by atoms with Crippen LogP contribution in [-0.2, 0) is 16.1 Å². The summed E-state index contributed by atoms with van der Waals surface area (Å²) in [6.07, 6.45) is 1.45. The molecule has 0 radical (unpaired) electrons. The average Bonchev–Trinajstić information content (AvgIpc) is 3.25. The molecule has 29 heavy (non-hydrogen) atoms. The second-order valence-corrected chi connectivity index (χ2v) is 5.93. The molecule has 0 amide bonds. The Morgan fingerprint density at radius 2 is 1.69 bits per heavy atom. The van der Waals surface area contributed by atoms with E-state index in [0.717, 1.165) is 11.3 Å². The van der Waals surface area contributed by atoms with Crippen LogP contribution >= 0.6 is 0 Å². The minimum absolute atomic E-state index is 0.120. The van der Waals surface area contributed by atoms with E-state index in [2.05, 4.69) is 5.16 Å². The summed E-state index contributed by atoms with van der Waals surface area (Å²) < 4.78 is 20.6. The molecule has 3 rings (SSSR count). The number of esters is 1. The number of benzene rings is 2. The zero-order chi connectivity index (χ0) is 20.6. The number of rotatable bonds is 7. The molecule has 0 atom stereocenters. The molecule has 0 aliphatic rings. The molecule has 7 heteroatoms. The van der Waals surface area contributed by atoms with E-state index in [1.54, 1.807) is 44.6 Å². The normalized spacial score (nSPS) is 10.9. The summed E-state index contributed by atoms with van der Waals surface area (Å²) in [7, 11) is 3.16. The van der Waals surface area contributed by atoms with Gasteiger partial charge in [-0.05, 0) is 48.0 Å². The summed E-state index contributed by atoms with van der Waals surface area (Å²) in [5.41, 5.74) is 2.00. The van der Waals surface area contributed by atoms with Crippen LogP contribution in [-0.4, -0.2) is 25.3 Å². The molecule has 0 fully saturated rings. The minimum Gasteiger partial charge on any atom is -0.497 e. The number of carbonyl (C=O) groups is 1. The van der Waals surface area contributed by atoms with Crippen LogP contribution in [0, 0.1) is 11.3 Å². The number of hydrogen-bond acceptors (Lipinski definition) is 7. The molecule has 1 heterocycles. The zero-order valence-electron chi connectivity index (χ0n) is 15.9. The Labute approximate surface area is 167 Å². The fraction of sp³-hybridized carbons (Fsp3) is 0.136. The van der Waals surface area contributed by atoms with Gasteiger partial charge in [0.1, 0.15) is 28.8 Å². The van der Waals surface area contributed by atoms with Gasteiger partial charge in [0.15, 0.2) is 12.4 Å². The fourth-order valence-corrected chi connectivity index (χ4v) is 2.50.